The molecule has 0 spiro atoms. The van der Waals surface area contributed by atoms with Crippen molar-refractivity contribution in [2.45, 2.75) is 19.9 Å². The maximum absolute atomic E-state index is 12.0. The normalized spacial score (nSPS) is 13.7. The molecule has 112 valence electrons. The Morgan fingerprint density at radius 2 is 2.20 bits per heavy atom. The van der Waals surface area contributed by atoms with Crippen molar-refractivity contribution in [2.75, 3.05) is 25.6 Å². The van der Waals surface area contributed by atoms with E-state index in [0.29, 0.717) is 18.2 Å². The number of benzene rings is 1. The summed E-state index contributed by atoms with van der Waals surface area (Å²) in [4.78, 5) is 12.0. The summed E-state index contributed by atoms with van der Waals surface area (Å²) in [6, 6.07) is 4.94. The van der Waals surface area contributed by atoms with Crippen molar-refractivity contribution in [1.82, 2.24) is 0 Å². The van der Waals surface area contributed by atoms with Gasteiger partial charge >= 0.3 is 5.97 Å². The third-order valence-corrected chi connectivity index (χ3v) is 3.99. The minimum Gasteiger partial charge on any atom is -0.464 e. The molecule has 0 bridgehead atoms. The minimum atomic E-state index is -0.469. The van der Waals surface area contributed by atoms with Crippen LogP contribution in [-0.2, 0) is 14.3 Å². The second kappa shape index (κ2) is 8.49. The maximum atomic E-state index is 12.0. The maximum Gasteiger partial charge on any atom is 0.328 e. The van der Waals surface area contributed by atoms with E-state index in [0.717, 1.165) is 10.2 Å². The molecular weight excluding hydrogens is 346 g/mol. The van der Waals surface area contributed by atoms with E-state index in [1.807, 2.05) is 19.1 Å². The van der Waals surface area contributed by atoms with Gasteiger partial charge in [0.25, 0.3) is 0 Å². The van der Waals surface area contributed by atoms with Gasteiger partial charge in [-0.25, -0.2) is 4.79 Å². The Labute approximate surface area is 132 Å². The van der Waals surface area contributed by atoms with Gasteiger partial charge in [0.2, 0.25) is 0 Å². The third-order valence-electron chi connectivity index (χ3n) is 2.78. The van der Waals surface area contributed by atoms with Crippen LogP contribution in [0.4, 0.5) is 5.69 Å². The van der Waals surface area contributed by atoms with Gasteiger partial charge in [-0.05, 0) is 41.1 Å². The molecule has 0 fully saturated rings. The fraction of sp³-hybridized carbons (Fsp3) is 0.500. The third kappa shape index (κ3) is 4.96. The lowest BCUT2D eigenvalue weighted by Gasteiger charge is -2.24. The molecule has 6 heteroatoms. The van der Waals surface area contributed by atoms with Gasteiger partial charge in [-0.3, -0.25) is 0 Å². The average Bonchev–Trinajstić information content (AvgIpc) is 2.40. The van der Waals surface area contributed by atoms with Crippen LogP contribution in [0.25, 0.3) is 0 Å². The molecule has 1 N–H and O–H groups in total. The number of esters is 1. The lowest BCUT2D eigenvalue weighted by molar-refractivity contribution is -0.145. The molecule has 0 aliphatic carbocycles. The van der Waals surface area contributed by atoms with Crippen molar-refractivity contribution in [2.24, 2.45) is 5.92 Å². The molecule has 2 unspecified atom stereocenters. The SMILES string of the molecule is CCOC(=O)C(Nc1ccc(Cl)c(Br)c1)C(C)COC. The summed E-state index contributed by atoms with van der Waals surface area (Å²) >= 11 is 9.31. The van der Waals surface area contributed by atoms with Crippen LogP contribution in [0.15, 0.2) is 22.7 Å². The van der Waals surface area contributed by atoms with E-state index in [1.54, 1.807) is 20.1 Å². The number of halogens is 2. The molecule has 1 rings (SSSR count). The standard InChI is InChI=1S/C14H19BrClNO3/c1-4-20-14(18)13(9(2)8-19-3)17-10-5-6-12(16)11(15)7-10/h5-7,9,13,17H,4,8H2,1-3H3. The van der Waals surface area contributed by atoms with Crippen LogP contribution in [0.1, 0.15) is 13.8 Å². The highest BCUT2D eigenvalue weighted by molar-refractivity contribution is 9.10. The molecule has 0 radical (unpaired) electrons. The molecule has 20 heavy (non-hydrogen) atoms. The lowest BCUT2D eigenvalue weighted by atomic mass is 10.0. The molecule has 0 saturated carbocycles. The predicted molar refractivity (Wildman–Crippen MR) is 84.2 cm³/mol. The highest BCUT2D eigenvalue weighted by atomic mass is 79.9. The first-order valence-corrected chi connectivity index (χ1v) is 7.53. The molecule has 0 amide bonds. The topological polar surface area (TPSA) is 47.6 Å². The summed E-state index contributed by atoms with van der Waals surface area (Å²) in [5.41, 5.74) is 0.794. The number of carbonyl (C=O) groups excluding carboxylic acids is 1. The zero-order valence-corrected chi connectivity index (χ0v) is 14.1. The summed E-state index contributed by atoms with van der Waals surface area (Å²) in [7, 11) is 1.61. The highest BCUT2D eigenvalue weighted by Crippen LogP contribution is 2.26. The van der Waals surface area contributed by atoms with Crippen LogP contribution >= 0.6 is 27.5 Å². The van der Waals surface area contributed by atoms with Crippen molar-refractivity contribution in [1.29, 1.82) is 0 Å². The van der Waals surface area contributed by atoms with Crippen LogP contribution in [0.2, 0.25) is 5.02 Å². The number of rotatable bonds is 7. The monoisotopic (exact) mass is 363 g/mol. The van der Waals surface area contributed by atoms with Crippen molar-refractivity contribution in [3.05, 3.63) is 27.7 Å². The van der Waals surface area contributed by atoms with Crippen molar-refractivity contribution in [3.8, 4) is 0 Å². The van der Waals surface area contributed by atoms with Crippen LogP contribution in [0.3, 0.4) is 0 Å². The van der Waals surface area contributed by atoms with Crippen LogP contribution in [-0.4, -0.2) is 32.3 Å². The Morgan fingerprint density at radius 3 is 2.75 bits per heavy atom. The van der Waals surface area contributed by atoms with Gasteiger partial charge in [0.1, 0.15) is 6.04 Å². The molecule has 1 aromatic rings. The van der Waals surface area contributed by atoms with E-state index >= 15 is 0 Å². The summed E-state index contributed by atoms with van der Waals surface area (Å²) in [6.45, 7) is 4.53. The van der Waals surface area contributed by atoms with Crippen LogP contribution in [0, 0.1) is 5.92 Å². The number of methoxy groups -OCH3 is 1. The molecule has 2 atom stereocenters. The Kier molecular flexibility index (Phi) is 7.34. The fourth-order valence-corrected chi connectivity index (χ4v) is 2.29. The Morgan fingerprint density at radius 1 is 1.50 bits per heavy atom. The minimum absolute atomic E-state index is 0.0199. The molecular formula is C14H19BrClNO3. The van der Waals surface area contributed by atoms with Gasteiger partial charge < -0.3 is 14.8 Å². The largest absolute Gasteiger partial charge is 0.464 e. The van der Waals surface area contributed by atoms with Gasteiger partial charge in [0.15, 0.2) is 0 Å². The number of anilines is 1. The second-order valence-corrected chi connectivity index (χ2v) is 5.70. The van der Waals surface area contributed by atoms with E-state index < -0.39 is 6.04 Å². The number of ether oxygens (including phenoxy) is 2. The number of nitrogens with one attached hydrogen (secondary N) is 1. The summed E-state index contributed by atoms with van der Waals surface area (Å²) in [6.07, 6.45) is 0. The molecule has 0 saturated heterocycles. The lowest BCUT2D eigenvalue weighted by Crippen LogP contribution is -2.39. The van der Waals surface area contributed by atoms with Gasteiger partial charge in [-0.15, -0.1) is 0 Å². The van der Waals surface area contributed by atoms with E-state index in [2.05, 4.69) is 21.2 Å². The summed E-state index contributed by atoms with van der Waals surface area (Å²) < 4.78 is 11.0. The van der Waals surface area contributed by atoms with Crippen molar-refractivity contribution in [3.63, 3.8) is 0 Å². The Hall–Kier alpha value is -0.780. The van der Waals surface area contributed by atoms with E-state index in [4.69, 9.17) is 21.1 Å². The number of hydrogen-bond acceptors (Lipinski definition) is 4. The number of hydrogen-bond donors (Lipinski definition) is 1. The van der Waals surface area contributed by atoms with Crippen LogP contribution < -0.4 is 5.32 Å². The number of carbonyl (C=O) groups is 1. The quantitative estimate of drug-likeness (QED) is 0.749. The second-order valence-electron chi connectivity index (χ2n) is 4.44. The Bertz CT molecular complexity index is 456. The molecule has 0 aliphatic heterocycles. The fourth-order valence-electron chi connectivity index (χ4n) is 1.79. The molecule has 0 aliphatic rings. The van der Waals surface area contributed by atoms with Gasteiger partial charge in [0, 0.05) is 23.2 Å². The average molecular weight is 365 g/mol. The first kappa shape index (κ1) is 17.3. The molecule has 4 nitrogen and oxygen atoms in total. The molecule has 0 aromatic heterocycles. The van der Waals surface area contributed by atoms with E-state index in [-0.39, 0.29) is 11.9 Å². The van der Waals surface area contributed by atoms with E-state index in [1.165, 1.54) is 0 Å². The van der Waals surface area contributed by atoms with Gasteiger partial charge in [-0.1, -0.05) is 18.5 Å². The van der Waals surface area contributed by atoms with Crippen molar-refractivity contribution >= 4 is 39.2 Å². The predicted octanol–water partition coefficient (Wildman–Crippen LogP) is 3.73. The molecule has 1 aromatic carbocycles. The zero-order valence-electron chi connectivity index (χ0n) is 11.8. The smallest absolute Gasteiger partial charge is 0.328 e. The van der Waals surface area contributed by atoms with Gasteiger partial charge in [-0.2, -0.15) is 0 Å². The van der Waals surface area contributed by atoms with E-state index in [9.17, 15) is 4.79 Å². The first-order valence-electron chi connectivity index (χ1n) is 6.36. The van der Waals surface area contributed by atoms with Crippen molar-refractivity contribution < 1.29 is 14.3 Å². The highest BCUT2D eigenvalue weighted by Gasteiger charge is 2.26. The van der Waals surface area contributed by atoms with Crippen LogP contribution in [0.5, 0.6) is 0 Å². The van der Waals surface area contributed by atoms with Gasteiger partial charge in [0.05, 0.1) is 18.2 Å². The summed E-state index contributed by atoms with van der Waals surface area (Å²) in [5.74, 6) is -0.309. The summed E-state index contributed by atoms with van der Waals surface area (Å²) in [5, 5.41) is 3.79. The molecule has 0 heterocycles. The zero-order chi connectivity index (χ0) is 15.1. The first-order chi connectivity index (χ1) is 9.49. The Balaban J connectivity index is 2.87.